The van der Waals surface area contributed by atoms with Gasteiger partial charge in [-0.1, -0.05) is 6.08 Å². The summed E-state index contributed by atoms with van der Waals surface area (Å²) in [7, 11) is 0. The van der Waals surface area contributed by atoms with E-state index in [9.17, 15) is 0 Å². The lowest BCUT2D eigenvalue weighted by Crippen LogP contribution is -1.99. The van der Waals surface area contributed by atoms with Gasteiger partial charge in [0.15, 0.2) is 0 Å². The average Bonchev–Trinajstić information content (AvgIpc) is 1.81. The van der Waals surface area contributed by atoms with Crippen LogP contribution in [0.4, 0.5) is 0 Å². The maximum Gasteiger partial charge on any atom is 0.0420 e. The number of hydrogen-bond donors (Lipinski definition) is 1. The van der Waals surface area contributed by atoms with E-state index in [1.54, 1.807) is 6.21 Å². The second kappa shape index (κ2) is 6.37. The topological polar surface area (TPSA) is 38.4 Å². The van der Waals surface area contributed by atoms with Crippen LogP contribution in [0.2, 0.25) is 0 Å². The van der Waals surface area contributed by atoms with E-state index in [4.69, 9.17) is 5.73 Å². The summed E-state index contributed by atoms with van der Waals surface area (Å²) >= 11 is 0. The summed E-state index contributed by atoms with van der Waals surface area (Å²) in [5.74, 6) is 0. The van der Waals surface area contributed by atoms with Gasteiger partial charge in [0.05, 0.1) is 0 Å². The molecule has 0 bridgehead atoms. The van der Waals surface area contributed by atoms with Crippen molar-refractivity contribution in [3.05, 3.63) is 12.7 Å². The fourth-order valence-corrected chi connectivity index (χ4v) is 0.332. The van der Waals surface area contributed by atoms with Crippen molar-refractivity contribution in [3.63, 3.8) is 0 Å². The first-order valence-corrected chi connectivity index (χ1v) is 2.71. The Morgan fingerprint density at radius 1 is 1.62 bits per heavy atom. The van der Waals surface area contributed by atoms with Crippen LogP contribution in [0.3, 0.4) is 0 Å². The Bertz CT molecular complexity index is 76.6. The highest BCUT2D eigenvalue weighted by Crippen LogP contribution is 1.77. The Hall–Kier alpha value is -0.630. The zero-order valence-corrected chi connectivity index (χ0v) is 5.01. The molecule has 0 aromatic rings. The van der Waals surface area contributed by atoms with Gasteiger partial charge >= 0.3 is 0 Å². The molecule has 2 nitrogen and oxygen atoms in total. The molecular weight excluding hydrogens is 100 g/mol. The standard InChI is InChI=1S/C6H12N2/c1-2-3-5-8-6-4-7/h2,6H,1,3-5,7H2. The van der Waals surface area contributed by atoms with Crippen molar-refractivity contribution in [3.8, 4) is 0 Å². The highest BCUT2D eigenvalue weighted by Gasteiger charge is 1.71. The predicted molar refractivity (Wildman–Crippen MR) is 37.2 cm³/mol. The van der Waals surface area contributed by atoms with E-state index < -0.39 is 0 Å². The summed E-state index contributed by atoms with van der Waals surface area (Å²) in [4.78, 5) is 3.96. The quantitative estimate of drug-likeness (QED) is 0.322. The van der Waals surface area contributed by atoms with Crippen LogP contribution in [0, 0.1) is 0 Å². The average molecular weight is 112 g/mol. The van der Waals surface area contributed by atoms with Crippen LogP contribution in [0.1, 0.15) is 6.42 Å². The van der Waals surface area contributed by atoms with E-state index in [-0.39, 0.29) is 0 Å². The van der Waals surface area contributed by atoms with Crippen molar-refractivity contribution >= 4 is 6.21 Å². The molecule has 0 spiro atoms. The Balaban J connectivity index is 2.90. The van der Waals surface area contributed by atoms with Crippen molar-refractivity contribution in [2.24, 2.45) is 10.7 Å². The summed E-state index contributed by atoms with van der Waals surface area (Å²) in [5.41, 5.74) is 5.14. The Labute approximate surface area is 50.1 Å². The lowest BCUT2D eigenvalue weighted by atomic mass is 10.4. The minimum Gasteiger partial charge on any atom is -0.326 e. The summed E-state index contributed by atoms with van der Waals surface area (Å²) in [5, 5.41) is 0. The molecule has 0 saturated carbocycles. The summed E-state index contributed by atoms with van der Waals surface area (Å²) in [6, 6.07) is 0. The molecule has 2 heteroatoms. The summed E-state index contributed by atoms with van der Waals surface area (Å²) in [6.45, 7) is 4.91. The van der Waals surface area contributed by atoms with Gasteiger partial charge in [0, 0.05) is 19.3 Å². The molecule has 0 aromatic heterocycles. The van der Waals surface area contributed by atoms with Crippen molar-refractivity contribution in [1.29, 1.82) is 0 Å². The van der Waals surface area contributed by atoms with Crippen molar-refractivity contribution < 1.29 is 0 Å². The normalized spacial score (nSPS) is 10.1. The maximum absolute atomic E-state index is 5.14. The number of rotatable bonds is 4. The van der Waals surface area contributed by atoms with E-state index in [1.165, 1.54) is 0 Å². The summed E-state index contributed by atoms with van der Waals surface area (Å²) < 4.78 is 0. The number of nitrogens with zero attached hydrogens (tertiary/aromatic N) is 1. The van der Waals surface area contributed by atoms with E-state index in [1.807, 2.05) is 6.08 Å². The highest BCUT2D eigenvalue weighted by atomic mass is 14.7. The molecular formula is C6H12N2. The summed E-state index contributed by atoms with van der Waals surface area (Å²) in [6.07, 6.45) is 4.49. The molecule has 0 radical (unpaired) electrons. The first-order chi connectivity index (χ1) is 3.91. The molecule has 0 heterocycles. The lowest BCUT2D eigenvalue weighted by molar-refractivity contribution is 1.01. The Morgan fingerprint density at radius 3 is 2.88 bits per heavy atom. The predicted octanol–water partition coefficient (Wildman–Crippen LogP) is 0.592. The van der Waals surface area contributed by atoms with Gasteiger partial charge < -0.3 is 5.73 Å². The van der Waals surface area contributed by atoms with Crippen LogP contribution in [0.25, 0.3) is 0 Å². The van der Waals surface area contributed by atoms with E-state index in [0.29, 0.717) is 6.54 Å². The fourth-order valence-electron chi connectivity index (χ4n) is 0.332. The van der Waals surface area contributed by atoms with Crippen molar-refractivity contribution in [1.82, 2.24) is 0 Å². The molecule has 0 aliphatic carbocycles. The monoisotopic (exact) mass is 112 g/mol. The number of aliphatic imine (C=N–C) groups is 1. The molecule has 2 N–H and O–H groups in total. The van der Waals surface area contributed by atoms with Gasteiger partial charge in [-0.25, -0.2) is 0 Å². The second-order valence-electron chi connectivity index (χ2n) is 1.40. The van der Waals surface area contributed by atoms with Gasteiger partial charge in [0.1, 0.15) is 0 Å². The first kappa shape index (κ1) is 7.37. The van der Waals surface area contributed by atoms with Crippen molar-refractivity contribution in [2.45, 2.75) is 6.42 Å². The lowest BCUT2D eigenvalue weighted by Gasteiger charge is -1.82. The van der Waals surface area contributed by atoms with Crippen LogP contribution in [0.15, 0.2) is 17.6 Å². The van der Waals surface area contributed by atoms with E-state index in [2.05, 4.69) is 11.6 Å². The number of nitrogens with two attached hydrogens (primary N) is 1. The molecule has 0 atom stereocenters. The molecule has 0 rings (SSSR count). The van der Waals surface area contributed by atoms with Crippen LogP contribution in [-0.4, -0.2) is 19.3 Å². The van der Waals surface area contributed by atoms with E-state index >= 15 is 0 Å². The molecule has 0 amide bonds. The minimum absolute atomic E-state index is 0.539. The van der Waals surface area contributed by atoms with Crippen LogP contribution in [0.5, 0.6) is 0 Å². The van der Waals surface area contributed by atoms with Crippen molar-refractivity contribution in [2.75, 3.05) is 13.1 Å². The van der Waals surface area contributed by atoms with Crippen LogP contribution in [-0.2, 0) is 0 Å². The third kappa shape index (κ3) is 5.37. The Kier molecular flexibility index (Phi) is 5.87. The molecule has 0 unspecified atom stereocenters. The first-order valence-electron chi connectivity index (χ1n) is 2.71. The van der Waals surface area contributed by atoms with E-state index in [0.717, 1.165) is 13.0 Å². The van der Waals surface area contributed by atoms with Gasteiger partial charge in [-0.3, -0.25) is 4.99 Å². The zero-order valence-electron chi connectivity index (χ0n) is 5.01. The molecule has 0 saturated heterocycles. The molecule has 0 aromatic carbocycles. The van der Waals surface area contributed by atoms with Gasteiger partial charge in [-0.2, -0.15) is 0 Å². The smallest absolute Gasteiger partial charge is 0.0420 e. The van der Waals surface area contributed by atoms with Gasteiger partial charge in [-0.15, -0.1) is 6.58 Å². The van der Waals surface area contributed by atoms with Crippen LogP contribution >= 0.6 is 0 Å². The van der Waals surface area contributed by atoms with Crippen LogP contribution < -0.4 is 5.73 Å². The SMILES string of the molecule is C=CCCN=CCN. The highest BCUT2D eigenvalue weighted by molar-refractivity contribution is 5.59. The fraction of sp³-hybridized carbons (Fsp3) is 0.500. The molecule has 8 heavy (non-hydrogen) atoms. The Morgan fingerprint density at radius 2 is 2.38 bits per heavy atom. The molecule has 46 valence electrons. The largest absolute Gasteiger partial charge is 0.326 e. The zero-order chi connectivity index (χ0) is 6.24. The molecule has 0 fully saturated rings. The molecule has 0 aliphatic heterocycles. The third-order valence-corrected chi connectivity index (χ3v) is 0.697. The third-order valence-electron chi connectivity index (χ3n) is 0.697. The van der Waals surface area contributed by atoms with Gasteiger partial charge in [-0.05, 0) is 6.42 Å². The van der Waals surface area contributed by atoms with Gasteiger partial charge in [0.2, 0.25) is 0 Å². The number of hydrogen-bond acceptors (Lipinski definition) is 2. The molecule has 0 aliphatic rings. The van der Waals surface area contributed by atoms with Gasteiger partial charge in [0.25, 0.3) is 0 Å². The minimum atomic E-state index is 0.539. The second-order valence-corrected chi connectivity index (χ2v) is 1.40. The maximum atomic E-state index is 5.14.